The summed E-state index contributed by atoms with van der Waals surface area (Å²) in [6, 6.07) is 5.18. The van der Waals surface area contributed by atoms with Gasteiger partial charge in [0.25, 0.3) is 0 Å². The van der Waals surface area contributed by atoms with E-state index in [4.69, 9.17) is 0 Å². The van der Waals surface area contributed by atoms with Crippen molar-refractivity contribution in [3.63, 3.8) is 0 Å². The first kappa shape index (κ1) is 7.82. The van der Waals surface area contributed by atoms with E-state index in [9.17, 15) is 5.21 Å². The Morgan fingerprint density at radius 1 is 1.00 bits per heavy atom. The van der Waals surface area contributed by atoms with E-state index in [-0.39, 0.29) is 25.8 Å². The standard InChI is InChI=1S/C5H5NO.Hf/c7-6-4-2-1-3-5-6;/h1-5H;. The molecule has 0 saturated heterocycles. The van der Waals surface area contributed by atoms with Crippen LogP contribution in [0.15, 0.2) is 30.6 Å². The monoisotopic (exact) mass is 275 g/mol. The summed E-state index contributed by atoms with van der Waals surface area (Å²) in [5.41, 5.74) is 0. The fourth-order valence-electron chi connectivity index (χ4n) is 0.383. The van der Waals surface area contributed by atoms with Gasteiger partial charge in [0.15, 0.2) is 12.4 Å². The van der Waals surface area contributed by atoms with Crippen LogP contribution in [0.5, 0.6) is 0 Å². The van der Waals surface area contributed by atoms with E-state index in [1.165, 1.54) is 12.4 Å². The van der Waals surface area contributed by atoms with Gasteiger partial charge in [-0.15, -0.1) is 0 Å². The van der Waals surface area contributed by atoms with Crippen LogP contribution < -0.4 is 4.73 Å². The van der Waals surface area contributed by atoms with E-state index in [0.717, 1.165) is 4.73 Å². The number of rotatable bonds is 0. The molecule has 0 bridgehead atoms. The van der Waals surface area contributed by atoms with E-state index >= 15 is 0 Å². The molecule has 0 N–H and O–H groups in total. The van der Waals surface area contributed by atoms with Gasteiger partial charge in [-0.1, -0.05) is 6.07 Å². The molecule has 1 heterocycles. The third kappa shape index (κ3) is 2.21. The zero-order chi connectivity index (χ0) is 5.11. The molecular weight excluding hydrogens is 269 g/mol. The third-order valence-corrected chi connectivity index (χ3v) is 0.688. The Kier molecular flexibility index (Phi) is 3.69. The molecule has 1 aromatic rings. The Hall–Kier alpha value is -0.180. The summed E-state index contributed by atoms with van der Waals surface area (Å²) in [6.07, 6.45) is 2.89. The van der Waals surface area contributed by atoms with Gasteiger partial charge in [-0.2, -0.15) is 4.73 Å². The average molecular weight is 274 g/mol. The van der Waals surface area contributed by atoms with Gasteiger partial charge in [-0.25, -0.2) is 0 Å². The van der Waals surface area contributed by atoms with Crippen molar-refractivity contribution in [1.29, 1.82) is 0 Å². The van der Waals surface area contributed by atoms with Crippen LogP contribution in [0, 0.1) is 5.21 Å². The zero-order valence-corrected chi connectivity index (χ0v) is 7.83. The molecule has 0 radical (unpaired) electrons. The molecule has 0 saturated carbocycles. The van der Waals surface area contributed by atoms with Gasteiger partial charge < -0.3 is 5.21 Å². The minimum Gasteiger partial charge on any atom is -0.619 e. The summed E-state index contributed by atoms with van der Waals surface area (Å²) in [5.74, 6) is 0. The Labute approximate surface area is 66.5 Å². The number of nitrogens with zero attached hydrogens (tertiary/aromatic N) is 1. The molecule has 0 atom stereocenters. The predicted octanol–water partition coefficient (Wildman–Crippen LogP) is 0.318. The molecule has 0 aliphatic rings. The van der Waals surface area contributed by atoms with Gasteiger partial charge in [0, 0.05) is 38.0 Å². The SMILES string of the molecule is [Hf].[O-][n+]1ccccc1. The van der Waals surface area contributed by atoms with Crippen LogP contribution >= 0.6 is 0 Å². The van der Waals surface area contributed by atoms with Crippen LogP contribution in [0.2, 0.25) is 0 Å². The first-order valence-corrected chi connectivity index (χ1v) is 2.03. The molecule has 2 nitrogen and oxygen atoms in total. The van der Waals surface area contributed by atoms with Crippen LogP contribution in [0.4, 0.5) is 0 Å². The maximum Gasteiger partial charge on any atom is 0.180 e. The maximum absolute atomic E-state index is 10.2. The van der Waals surface area contributed by atoms with Gasteiger partial charge in [0.2, 0.25) is 0 Å². The predicted molar refractivity (Wildman–Crippen MR) is 25.4 cm³/mol. The Balaban J connectivity index is 0.000000490. The second-order valence-electron chi connectivity index (χ2n) is 1.24. The van der Waals surface area contributed by atoms with E-state index in [1.807, 2.05) is 0 Å². The van der Waals surface area contributed by atoms with Crippen LogP contribution in [-0.2, 0) is 25.8 Å². The Morgan fingerprint density at radius 3 is 1.75 bits per heavy atom. The maximum atomic E-state index is 10.2. The molecule has 0 aromatic carbocycles. The summed E-state index contributed by atoms with van der Waals surface area (Å²) < 4.78 is 0.750. The van der Waals surface area contributed by atoms with Gasteiger partial charge in [-0.3, -0.25) is 0 Å². The van der Waals surface area contributed by atoms with Crippen LogP contribution in [0.1, 0.15) is 0 Å². The van der Waals surface area contributed by atoms with Crippen molar-refractivity contribution >= 4 is 0 Å². The van der Waals surface area contributed by atoms with Gasteiger partial charge in [0.1, 0.15) is 0 Å². The van der Waals surface area contributed by atoms with Gasteiger partial charge in [-0.05, 0) is 0 Å². The zero-order valence-electron chi connectivity index (χ0n) is 4.24. The molecule has 0 amide bonds. The molecule has 0 aliphatic carbocycles. The first-order valence-electron chi connectivity index (χ1n) is 2.03. The van der Waals surface area contributed by atoms with Crippen molar-refractivity contribution in [2.24, 2.45) is 0 Å². The summed E-state index contributed by atoms with van der Waals surface area (Å²) >= 11 is 0. The van der Waals surface area contributed by atoms with Crippen molar-refractivity contribution in [2.75, 3.05) is 0 Å². The average Bonchev–Trinajstić information content (AvgIpc) is 1.69. The van der Waals surface area contributed by atoms with Gasteiger partial charge >= 0.3 is 0 Å². The van der Waals surface area contributed by atoms with Crippen molar-refractivity contribution < 1.29 is 30.6 Å². The minimum atomic E-state index is 0. The second kappa shape index (κ2) is 3.78. The molecule has 40 valence electrons. The molecular formula is C5H5HfNO. The van der Waals surface area contributed by atoms with Crippen LogP contribution in [0.3, 0.4) is 0 Å². The number of pyridine rings is 1. The topological polar surface area (TPSA) is 26.9 Å². The summed E-state index contributed by atoms with van der Waals surface area (Å²) in [6.45, 7) is 0. The smallest absolute Gasteiger partial charge is 0.180 e. The van der Waals surface area contributed by atoms with E-state index in [0.29, 0.717) is 0 Å². The minimum absolute atomic E-state index is 0. The van der Waals surface area contributed by atoms with E-state index < -0.39 is 0 Å². The number of aromatic nitrogens is 1. The Morgan fingerprint density at radius 2 is 1.50 bits per heavy atom. The van der Waals surface area contributed by atoms with Crippen LogP contribution in [-0.4, -0.2) is 0 Å². The summed E-state index contributed by atoms with van der Waals surface area (Å²) in [7, 11) is 0. The van der Waals surface area contributed by atoms with Crippen molar-refractivity contribution in [3.8, 4) is 0 Å². The number of hydrogen-bond acceptors (Lipinski definition) is 1. The molecule has 1 aromatic heterocycles. The van der Waals surface area contributed by atoms with Crippen molar-refractivity contribution in [2.45, 2.75) is 0 Å². The summed E-state index contributed by atoms with van der Waals surface area (Å²) in [5, 5.41) is 10.2. The molecule has 3 heteroatoms. The molecule has 0 fully saturated rings. The van der Waals surface area contributed by atoms with Gasteiger partial charge in [0.05, 0.1) is 0 Å². The second-order valence-corrected chi connectivity index (χ2v) is 1.24. The molecule has 0 unspecified atom stereocenters. The van der Waals surface area contributed by atoms with E-state index in [1.54, 1.807) is 18.2 Å². The molecule has 8 heavy (non-hydrogen) atoms. The summed E-state index contributed by atoms with van der Waals surface area (Å²) in [4.78, 5) is 0. The Bertz CT molecular complexity index is 142. The normalized spacial score (nSPS) is 7.50. The fourth-order valence-corrected chi connectivity index (χ4v) is 0.383. The first-order chi connectivity index (χ1) is 3.39. The quantitative estimate of drug-likeness (QED) is 0.380. The van der Waals surface area contributed by atoms with Crippen molar-refractivity contribution in [1.82, 2.24) is 0 Å². The van der Waals surface area contributed by atoms with E-state index in [2.05, 4.69) is 0 Å². The molecule has 1 rings (SSSR count). The fraction of sp³-hybridized carbons (Fsp3) is 0. The van der Waals surface area contributed by atoms with Crippen LogP contribution in [0.25, 0.3) is 0 Å². The molecule has 0 aliphatic heterocycles. The van der Waals surface area contributed by atoms with Crippen molar-refractivity contribution in [3.05, 3.63) is 35.8 Å². The third-order valence-electron chi connectivity index (χ3n) is 0.688. The number of hydrogen-bond donors (Lipinski definition) is 0. The molecule has 0 spiro atoms. The largest absolute Gasteiger partial charge is 0.619 e.